The van der Waals surface area contributed by atoms with E-state index < -0.39 is 0 Å². The van der Waals surface area contributed by atoms with Gasteiger partial charge in [-0.3, -0.25) is 9.59 Å². The fourth-order valence-electron chi connectivity index (χ4n) is 3.11. The number of rotatable bonds is 6. The van der Waals surface area contributed by atoms with Gasteiger partial charge in [0.15, 0.2) is 0 Å². The van der Waals surface area contributed by atoms with Crippen molar-refractivity contribution in [3.05, 3.63) is 71.3 Å². The summed E-state index contributed by atoms with van der Waals surface area (Å²) in [6, 6.07) is 17.1. The summed E-state index contributed by atoms with van der Waals surface area (Å²) in [5, 5.41) is 2.98. The fraction of sp³-hybridized carbons (Fsp3) is 0.300. The first-order chi connectivity index (χ1) is 12.2. The zero-order valence-corrected chi connectivity index (χ0v) is 14.3. The molecule has 1 fully saturated rings. The number of methoxy groups -OCH3 is 1. The Morgan fingerprint density at radius 3 is 2.64 bits per heavy atom. The number of amides is 2. The molecule has 1 aliphatic heterocycles. The van der Waals surface area contributed by atoms with E-state index >= 15 is 0 Å². The van der Waals surface area contributed by atoms with Gasteiger partial charge >= 0.3 is 0 Å². The van der Waals surface area contributed by atoms with Crippen molar-refractivity contribution in [3.63, 3.8) is 0 Å². The molecule has 1 N–H and O–H groups in total. The van der Waals surface area contributed by atoms with E-state index in [0.717, 1.165) is 11.1 Å². The van der Waals surface area contributed by atoms with Gasteiger partial charge in [0.1, 0.15) is 0 Å². The highest BCUT2D eigenvalue weighted by Gasteiger charge is 2.31. The molecule has 0 bridgehead atoms. The van der Waals surface area contributed by atoms with Gasteiger partial charge < -0.3 is 15.0 Å². The molecule has 5 heteroatoms. The number of hydrogen-bond donors (Lipinski definition) is 1. The molecule has 0 saturated carbocycles. The van der Waals surface area contributed by atoms with Crippen LogP contribution in [-0.2, 0) is 22.7 Å². The minimum atomic E-state index is -0.167. The molecule has 1 heterocycles. The van der Waals surface area contributed by atoms with E-state index in [2.05, 4.69) is 5.32 Å². The topological polar surface area (TPSA) is 58.6 Å². The van der Waals surface area contributed by atoms with E-state index in [0.29, 0.717) is 31.7 Å². The van der Waals surface area contributed by atoms with Crippen LogP contribution >= 0.6 is 0 Å². The first-order valence-corrected chi connectivity index (χ1v) is 8.37. The second-order valence-corrected chi connectivity index (χ2v) is 6.22. The van der Waals surface area contributed by atoms with Gasteiger partial charge in [-0.05, 0) is 17.2 Å². The van der Waals surface area contributed by atoms with Crippen LogP contribution < -0.4 is 5.32 Å². The second kappa shape index (κ2) is 7.94. The number of carbonyl (C=O) groups excluding carboxylic acids is 2. The van der Waals surface area contributed by atoms with Gasteiger partial charge in [-0.2, -0.15) is 0 Å². The minimum Gasteiger partial charge on any atom is -0.380 e. The Morgan fingerprint density at radius 2 is 1.88 bits per heavy atom. The molecule has 2 aromatic rings. The van der Waals surface area contributed by atoms with Crippen molar-refractivity contribution in [2.75, 3.05) is 13.7 Å². The molecule has 2 amide bonds. The molecule has 3 rings (SSSR count). The summed E-state index contributed by atoms with van der Waals surface area (Å²) < 4.78 is 5.15. The zero-order chi connectivity index (χ0) is 17.6. The van der Waals surface area contributed by atoms with Crippen molar-refractivity contribution in [1.29, 1.82) is 0 Å². The normalized spacial score (nSPS) is 16.9. The standard InChI is InChI=1S/C20H22N2O3/c1-25-14-16-9-5-6-10-18(16)20(24)21-17-11-19(23)22(13-17)12-15-7-3-2-4-8-15/h2-10,17H,11-14H2,1H3,(H,21,24)/t17-/m0/s1. The molecule has 5 nitrogen and oxygen atoms in total. The number of nitrogens with one attached hydrogen (secondary N) is 1. The quantitative estimate of drug-likeness (QED) is 0.880. The number of likely N-dealkylation sites (tertiary alicyclic amines) is 1. The molecule has 1 atom stereocenters. The summed E-state index contributed by atoms with van der Waals surface area (Å²) >= 11 is 0. The van der Waals surface area contributed by atoms with Gasteiger partial charge in [0.05, 0.1) is 12.6 Å². The summed E-state index contributed by atoms with van der Waals surface area (Å²) in [4.78, 5) is 26.6. The van der Waals surface area contributed by atoms with Crippen LogP contribution in [-0.4, -0.2) is 36.4 Å². The first-order valence-electron chi connectivity index (χ1n) is 8.37. The summed E-state index contributed by atoms with van der Waals surface area (Å²) in [5.74, 6) is -0.0914. The average Bonchev–Trinajstić information content (AvgIpc) is 2.95. The van der Waals surface area contributed by atoms with Crippen molar-refractivity contribution in [3.8, 4) is 0 Å². The Labute approximate surface area is 147 Å². The third-order valence-corrected chi connectivity index (χ3v) is 4.33. The maximum absolute atomic E-state index is 12.6. The van der Waals surface area contributed by atoms with Crippen LogP contribution in [0.4, 0.5) is 0 Å². The zero-order valence-electron chi connectivity index (χ0n) is 14.3. The SMILES string of the molecule is COCc1ccccc1C(=O)N[C@H]1CC(=O)N(Cc2ccccc2)C1. The first kappa shape index (κ1) is 17.2. The van der Waals surface area contributed by atoms with Gasteiger partial charge in [0.2, 0.25) is 5.91 Å². The number of benzene rings is 2. The van der Waals surface area contributed by atoms with E-state index in [1.807, 2.05) is 48.5 Å². The predicted octanol–water partition coefficient (Wildman–Crippen LogP) is 2.36. The van der Waals surface area contributed by atoms with Gasteiger partial charge in [0, 0.05) is 32.2 Å². The Kier molecular flexibility index (Phi) is 5.46. The highest BCUT2D eigenvalue weighted by molar-refractivity contribution is 5.96. The molecular formula is C20H22N2O3. The second-order valence-electron chi connectivity index (χ2n) is 6.22. The molecule has 130 valence electrons. The molecule has 1 saturated heterocycles. The maximum atomic E-state index is 12.6. The third kappa shape index (κ3) is 4.25. The van der Waals surface area contributed by atoms with Crippen LogP contribution in [0.2, 0.25) is 0 Å². The average molecular weight is 338 g/mol. The summed E-state index contributed by atoms with van der Waals surface area (Å²) in [5.41, 5.74) is 2.53. The minimum absolute atomic E-state index is 0.0688. The van der Waals surface area contributed by atoms with Crippen molar-refractivity contribution in [2.24, 2.45) is 0 Å². The highest BCUT2D eigenvalue weighted by atomic mass is 16.5. The Morgan fingerprint density at radius 1 is 1.16 bits per heavy atom. The number of ether oxygens (including phenoxy) is 1. The Bertz CT molecular complexity index is 746. The van der Waals surface area contributed by atoms with E-state index in [9.17, 15) is 9.59 Å². The van der Waals surface area contributed by atoms with Crippen LogP contribution in [0, 0.1) is 0 Å². The van der Waals surface area contributed by atoms with Crippen molar-refractivity contribution >= 4 is 11.8 Å². The maximum Gasteiger partial charge on any atom is 0.251 e. The van der Waals surface area contributed by atoms with Crippen LogP contribution in [0.1, 0.15) is 27.9 Å². The van der Waals surface area contributed by atoms with Crippen LogP contribution in [0.25, 0.3) is 0 Å². The fourth-order valence-corrected chi connectivity index (χ4v) is 3.11. The van der Waals surface area contributed by atoms with E-state index in [4.69, 9.17) is 4.74 Å². The molecule has 2 aromatic carbocycles. The van der Waals surface area contributed by atoms with Crippen molar-refractivity contribution in [1.82, 2.24) is 10.2 Å². The Balaban J connectivity index is 1.62. The summed E-state index contributed by atoms with van der Waals surface area (Å²) in [6.45, 7) is 1.49. The highest BCUT2D eigenvalue weighted by Crippen LogP contribution is 2.16. The monoisotopic (exact) mass is 338 g/mol. The van der Waals surface area contributed by atoms with Gasteiger partial charge in [-0.25, -0.2) is 0 Å². The van der Waals surface area contributed by atoms with E-state index in [1.165, 1.54) is 0 Å². The summed E-state index contributed by atoms with van der Waals surface area (Å²) in [6.07, 6.45) is 0.338. The van der Waals surface area contributed by atoms with Crippen LogP contribution in [0.3, 0.4) is 0 Å². The predicted molar refractivity (Wildman–Crippen MR) is 94.9 cm³/mol. The lowest BCUT2D eigenvalue weighted by Crippen LogP contribution is -2.37. The third-order valence-electron chi connectivity index (χ3n) is 4.33. The summed E-state index contributed by atoms with van der Waals surface area (Å²) in [7, 11) is 1.60. The smallest absolute Gasteiger partial charge is 0.251 e. The molecule has 1 aliphatic rings. The number of carbonyl (C=O) groups is 2. The molecule has 0 unspecified atom stereocenters. The van der Waals surface area contributed by atoms with Crippen molar-refractivity contribution in [2.45, 2.75) is 25.6 Å². The lowest BCUT2D eigenvalue weighted by molar-refractivity contribution is -0.128. The molecule has 0 radical (unpaired) electrons. The molecule has 25 heavy (non-hydrogen) atoms. The lowest BCUT2D eigenvalue weighted by Gasteiger charge is -2.17. The molecule has 0 aliphatic carbocycles. The van der Waals surface area contributed by atoms with Crippen LogP contribution in [0.15, 0.2) is 54.6 Å². The van der Waals surface area contributed by atoms with E-state index in [-0.39, 0.29) is 17.9 Å². The number of hydrogen-bond acceptors (Lipinski definition) is 3. The largest absolute Gasteiger partial charge is 0.380 e. The molecule has 0 aromatic heterocycles. The van der Waals surface area contributed by atoms with Gasteiger partial charge in [-0.15, -0.1) is 0 Å². The Hall–Kier alpha value is -2.66. The molecule has 0 spiro atoms. The van der Waals surface area contributed by atoms with Crippen molar-refractivity contribution < 1.29 is 14.3 Å². The van der Waals surface area contributed by atoms with E-state index in [1.54, 1.807) is 18.1 Å². The van der Waals surface area contributed by atoms with Gasteiger partial charge in [-0.1, -0.05) is 48.5 Å². The van der Waals surface area contributed by atoms with Gasteiger partial charge in [0.25, 0.3) is 5.91 Å². The van der Waals surface area contributed by atoms with Crippen LogP contribution in [0.5, 0.6) is 0 Å². The molecular weight excluding hydrogens is 316 g/mol. The lowest BCUT2D eigenvalue weighted by atomic mass is 10.1. The number of nitrogens with zero attached hydrogens (tertiary/aromatic N) is 1.